The van der Waals surface area contributed by atoms with Gasteiger partial charge in [0.25, 0.3) is 0 Å². The van der Waals surface area contributed by atoms with Crippen molar-refractivity contribution in [2.24, 2.45) is 5.92 Å². The molecule has 2 amide bonds. The Hall–Kier alpha value is -3.45. The highest BCUT2D eigenvalue weighted by molar-refractivity contribution is 5.92. The fraction of sp³-hybridized carbons (Fsp3) is 0.433. The summed E-state index contributed by atoms with van der Waals surface area (Å²) in [6, 6.07) is 16.3. The molecular weight excluding hydrogens is 464 g/mol. The Bertz CT molecular complexity index is 1280. The summed E-state index contributed by atoms with van der Waals surface area (Å²) in [5.74, 6) is 1.35. The van der Waals surface area contributed by atoms with Crippen molar-refractivity contribution in [2.45, 2.75) is 43.4 Å². The van der Waals surface area contributed by atoms with Crippen LogP contribution in [0.3, 0.4) is 0 Å². The van der Waals surface area contributed by atoms with Crippen LogP contribution in [0.5, 0.6) is 0 Å². The number of carbonyl (C=O) groups is 2. The molecule has 37 heavy (non-hydrogen) atoms. The molecule has 0 radical (unpaired) electrons. The van der Waals surface area contributed by atoms with E-state index < -0.39 is 0 Å². The third-order valence-corrected chi connectivity index (χ3v) is 8.68. The summed E-state index contributed by atoms with van der Waals surface area (Å²) >= 11 is 0. The van der Waals surface area contributed by atoms with Crippen molar-refractivity contribution in [3.8, 4) is 11.3 Å². The molecule has 3 heterocycles. The summed E-state index contributed by atoms with van der Waals surface area (Å²) in [4.78, 5) is 34.6. The summed E-state index contributed by atoms with van der Waals surface area (Å²) in [5.41, 5.74) is 4.37. The van der Waals surface area contributed by atoms with Crippen molar-refractivity contribution in [3.05, 3.63) is 72.2 Å². The van der Waals surface area contributed by atoms with Gasteiger partial charge in [0.1, 0.15) is 0 Å². The second-order valence-corrected chi connectivity index (χ2v) is 11.0. The molecule has 3 aliphatic rings. The number of hydrogen-bond donors (Lipinski definition) is 1. The topological polar surface area (TPSA) is 78.7 Å². The van der Waals surface area contributed by atoms with Crippen LogP contribution in [0, 0.1) is 5.92 Å². The number of oxazole rings is 1. The number of likely N-dealkylation sites (tertiary alicyclic amines) is 2. The molecule has 2 atom stereocenters. The van der Waals surface area contributed by atoms with Gasteiger partial charge in [-0.05, 0) is 73.9 Å². The van der Waals surface area contributed by atoms with Gasteiger partial charge in [0.15, 0.2) is 12.2 Å². The van der Waals surface area contributed by atoms with E-state index >= 15 is 0 Å². The van der Waals surface area contributed by atoms with E-state index in [1.54, 1.807) is 6.20 Å². The van der Waals surface area contributed by atoms with Crippen LogP contribution in [0.1, 0.15) is 49.1 Å². The molecule has 2 saturated heterocycles. The maximum absolute atomic E-state index is 13.2. The first-order valence-corrected chi connectivity index (χ1v) is 13.4. The van der Waals surface area contributed by atoms with Crippen molar-refractivity contribution in [1.82, 2.24) is 14.8 Å². The van der Waals surface area contributed by atoms with Gasteiger partial charge in [-0.15, -0.1) is 0 Å². The first kappa shape index (κ1) is 23.9. The molecule has 0 bridgehead atoms. The normalized spacial score (nSPS) is 22.8. The molecule has 1 spiro atoms. The number of fused-ring (bicyclic) bond motifs is 2. The molecule has 1 aromatic heterocycles. The van der Waals surface area contributed by atoms with Gasteiger partial charge in [0.2, 0.25) is 11.8 Å². The maximum Gasteiger partial charge on any atom is 0.227 e. The second kappa shape index (κ2) is 9.78. The minimum absolute atomic E-state index is 0.0181. The molecule has 192 valence electrons. The largest absolute Gasteiger partial charge is 0.444 e. The van der Waals surface area contributed by atoms with E-state index in [0.717, 1.165) is 63.1 Å². The predicted molar refractivity (Wildman–Crippen MR) is 142 cm³/mol. The lowest BCUT2D eigenvalue weighted by atomic mass is 9.73. The highest BCUT2D eigenvalue weighted by Gasteiger charge is 2.46. The van der Waals surface area contributed by atoms with Crippen LogP contribution < -0.4 is 5.32 Å². The van der Waals surface area contributed by atoms with E-state index in [1.807, 2.05) is 24.3 Å². The van der Waals surface area contributed by atoms with Crippen LogP contribution in [-0.2, 0) is 15.0 Å². The number of aromatic nitrogens is 1. The minimum atomic E-state index is 0.0181. The number of anilines is 1. The number of piperidine rings is 1. The number of carbonyl (C=O) groups excluding carboxylic acids is 2. The molecule has 2 unspecified atom stereocenters. The van der Waals surface area contributed by atoms with Crippen LogP contribution >= 0.6 is 0 Å². The number of benzene rings is 2. The Kier molecular flexibility index (Phi) is 6.32. The van der Waals surface area contributed by atoms with Gasteiger partial charge in [0.05, 0.1) is 12.1 Å². The third kappa shape index (κ3) is 4.68. The summed E-state index contributed by atoms with van der Waals surface area (Å²) in [7, 11) is 2.09. The lowest BCUT2D eigenvalue weighted by Crippen LogP contribution is -2.46. The second-order valence-electron chi connectivity index (χ2n) is 11.0. The smallest absolute Gasteiger partial charge is 0.227 e. The summed E-state index contributed by atoms with van der Waals surface area (Å²) in [6.07, 6.45) is 7.39. The zero-order chi connectivity index (χ0) is 25.4. The molecule has 6 rings (SSSR count). The van der Waals surface area contributed by atoms with Crippen LogP contribution in [0.4, 0.5) is 5.69 Å². The molecule has 1 N–H and O–H groups in total. The van der Waals surface area contributed by atoms with E-state index in [2.05, 4.69) is 51.4 Å². The lowest BCUT2D eigenvalue weighted by molar-refractivity contribution is -0.136. The first-order chi connectivity index (χ1) is 18.0. The number of hydrogen-bond acceptors (Lipinski definition) is 5. The van der Waals surface area contributed by atoms with Gasteiger partial charge < -0.3 is 19.5 Å². The van der Waals surface area contributed by atoms with Crippen molar-refractivity contribution in [1.29, 1.82) is 0 Å². The van der Waals surface area contributed by atoms with Gasteiger partial charge >= 0.3 is 0 Å². The number of rotatable bonds is 5. The Balaban J connectivity index is 1.12. The predicted octanol–water partition coefficient (Wildman–Crippen LogP) is 4.67. The van der Waals surface area contributed by atoms with E-state index in [4.69, 9.17) is 4.42 Å². The molecule has 7 heteroatoms. The van der Waals surface area contributed by atoms with Crippen LogP contribution in [-0.4, -0.2) is 59.8 Å². The van der Waals surface area contributed by atoms with Crippen molar-refractivity contribution in [3.63, 3.8) is 0 Å². The highest BCUT2D eigenvalue weighted by atomic mass is 16.3. The molecule has 3 aromatic rings. The summed E-state index contributed by atoms with van der Waals surface area (Å²) in [5, 5.41) is 3.09. The minimum Gasteiger partial charge on any atom is -0.444 e. The third-order valence-electron chi connectivity index (χ3n) is 8.68. The van der Waals surface area contributed by atoms with Crippen molar-refractivity contribution < 1.29 is 14.0 Å². The van der Waals surface area contributed by atoms with E-state index in [0.29, 0.717) is 18.1 Å². The molecular formula is C30H34N4O3. The Labute approximate surface area is 217 Å². The standard InChI is InChI=1S/C30H34N4O3/c1-33-12-9-22(19-33)29(36)34-13-10-30(11-14-34)17-23(25-7-2-3-8-26(25)30)16-28(35)32-24-6-4-5-21(15-24)27-18-31-20-37-27/h2-8,15,18,20,22-23H,9-14,16-17,19H2,1H3,(H,32,35). The summed E-state index contributed by atoms with van der Waals surface area (Å²) in [6.45, 7) is 3.50. The zero-order valence-corrected chi connectivity index (χ0v) is 21.4. The monoisotopic (exact) mass is 498 g/mol. The van der Waals surface area contributed by atoms with E-state index in [-0.39, 0.29) is 23.2 Å². The average molecular weight is 499 g/mol. The van der Waals surface area contributed by atoms with Gasteiger partial charge in [-0.25, -0.2) is 4.98 Å². The maximum atomic E-state index is 13.2. The fourth-order valence-corrected chi connectivity index (χ4v) is 6.78. The van der Waals surface area contributed by atoms with Gasteiger partial charge in [-0.2, -0.15) is 0 Å². The Morgan fingerprint density at radius 1 is 1.11 bits per heavy atom. The number of nitrogens with zero attached hydrogens (tertiary/aromatic N) is 3. The average Bonchev–Trinajstić information content (AvgIpc) is 3.66. The Morgan fingerprint density at radius 2 is 1.95 bits per heavy atom. The number of nitrogens with one attached hydrogen (secondary N) is 1. The first-order valence-electron chi connectivity index (χ1n) is 13.4. The van der Waals surface area contributed by atoms with Crippen LogP contribution in [0.25, 0.3) is 11.3 Å². The van der Waals surface area contributed by atoms with Crippen LogP contribution in [0.2, 0.25) is 0 Å². The van der Waals surface area contributed by atoms with Gasteiger partial charge in [0, 0.05) is 37.3 Å². The quantitative estimate of drug-likeness (QED) is 0.553. The SMILES string of the molecule is CN1CCC(C(=O)N2CCC3(CC2)CC(CC(=O)Nc2cccc(-c4cnco4)c2)c2ccccc23)C1. The molecule has 2 aromatic carbocycles. The van der Waals surface area contributed by atoms with Gasteiger partial charge in [-0.3, -0.25) is 9.59 Å². The summed E-state index contributed by atoms with van der Waals surface area (Å²) < 4.78 is 5.40. The molecule has 2 fully saturated rings. The highest BCUT2D eigenvalue weighted by Crippen LogP contribution is 2.52. The van der Waals surface area contributed by atoms with Crippen molar-refractivity contribution in [2.75, 3.05) is 38.5 Å². The zero-order valence-electron chi connectivity index (χ0n) is 21.4. The molecule has 1 aliphatic carbocycles. The lowest BCUT2D eigenvalue weighted by Gasteiger charge is -2.41. The molecule has 7 nitrogen and oxygen atoms in total. The molecule has 0 saturated carbocycles. The van der Waals surface area contributed by atoms with Gasteiger partial charge in [-0.1, -0.05) is 36.4 Å². The Morgan fingerprint density at radius 3 is 2.70 bits per heavy atom. The molecule has 2 aliphatic heterocycles. The van der Waals surface area contributed by atoms with E-state index in [9.17, 15) is 9.59 Å². The van der Waals surface area contributed by atoms with E-state index in [1.165, 1.54) is 17.5 Å². The number of amides is 2. The fourth-order valence-electron chi connectivity index (χ4n) is 6.78. The van der Waals surface area contributed by atoms with Crippen LogP contribution in [0.15, 0.2) is 65.5 Å². The van der Waals surface area contributed by atoms with Crippen molar-refractivity contribution >= 4 is 17.5 Å².